The van der Waals surface area contributed by atoms with Crippen molar-refractivity contribution in [2.45, 2.75) is 25.3 Å². The highest BCUT2D eigenvalue weighted by atomic mass is 79.9. The standard InChI is InChI=1S/C11H16BrN3/c1-13-15-7-3-2-4-10(15)9-5-6-11(12)14-8-9/h5-6,8,10,13H,2-4,7H2,1H3/t10-/m1/s1. The lowest BCUT2D eigenvalue weighted by molar-refractivity contribution is 0.0982. The van der Waals surface area contributed by atoms with Crippen LogP contribution in [0.2, 0.25) is 0 Å². The molecule has 1 fully saturated rings. The molecule has 1 N–H and O–H groups in total. The van der Waals surface area contributed by atoms with Crippen LogP contribution < -0.4 is 5.43 Å². The number of pyridine rings is 1. The van der Waals surface area contributed by atoms with Crippen molar-refractivity contribution in [3.05, 3.63) is 28.5 Å². The minimum Gasteiger partial charge on any atom is -0.258 e. The minimum atomic E-state index is 0.476. The Hall–Kier alpha value is -0.450. The largest absolute Gasteiger partial charge is 0.258 e. The normalized spacial score (nSPS) is 22.9. The van der Waals surface area contributed by atoms with Crippen molar-refractivity contribution in [3.63, 3.8) is 0 Å². The Morgan fingerprint density at radius 2 is 2.33 bits per heavy atom. The molecule has 15 heavy (non-hydrogen) atoms. The molecule has 1 aromatic heterocycles. The van der Waals surface area contributed by atoms with Crippen LogP contribution in [0.1, 0.15) is 30.9 Å². The van der Waals surface area contributed by atoms with E-state index < -0.39 is 0 Å². The van der Waals surface area contributed by atoms with Crippen molar-refractivity contribution >= 4 is 15.9 Å². The van der Waals surface area contributed by atoms with Gasteiger partial charge in [0.25, 0.3) is 0 Å². The molecule has 2 heterocycles. The zero-order chi connectivity index (χ0) is 10.7. The Morgan fingerprint density at radius 3 is 3.00 bits per heavy atom. The molecule has 1 aliphatic rings. The number of hydrogen-bond acceptors (Lipinski definition) is 3. The maximum Gasteiger partial charge on any atom is 0.106 e. The summed E-state index contributed by atoms with van der Waals surface area (Å²) in [4.78, 5) is 4.29. The van der Waals surface area contributed by atoms with Crippen molar-refractivity contribution in [3.8, 4) is 0 Å². The molecule has 0 amide bonds. The van der Waals surface area contributed by atoms with Gasteiger partial charge in [0, 0.05) is 12.7 Å². The third kappa shape index (κ3) is 2.56. The fourth-order valence-electron chi connectivity index (χ4n) is 2.13. The van der Waals surface area contributed by atoms with Crippen LogP contribution in [0.3, 0.4) is 0 Å². The van der Waals surface area contributed by atoms with Gasteiger partial charge in [0.15, 0.2) is 0 Å². The molecule has 1 atom stereocenters. The van der Waals surface area contributed by atoms with Gasteiger partial charge in [0.05, 0.1) is 6.04 Å². The first-order valence-electron chi connectivity index (χ1n) is 5.37. The van der Waals surface area contributed by atoms with Gasteiger partial charge in [0.2, 0.25) is 0 Å². The number of hydrogen-bond donors (Lipinski definition) is 1. The predicted octanol–water partition coefficient (Wildman–Crippen LogP) is 2.51. The molecule has 0 spiro atoms. The zero-order valence-corrected chi connectivity index (χ0v) is 10.5. The lowest BCUT2D eigenvalue weighted by atomic mass is 9.98. The molecule has 3 nitrogen and oxygen atoms in total. The second kappa shape index (κ2) is 5.05. The van der Waals surface area contributed by atoms with Gasteiger partial charge < -0.3 is 0 Å². The van der Waals surface area contributed by atoms with Crippen LogP contribution in [-0.2, 0) is 0 Å². The summed E-state index contributed by atoms with van der Waals surface area (Å²) in [6.45, 7) is 1.12. The Morgan fingerprint density at radius 1 is 1.47 bits per heavy atom. The fourth-order valence-corrected chi connectivity index (χ4v) is 2.36. The number of aromatic nitrogens is 1. The predicted molar refractivity (Wildman–Crippen MR) is 64.3 cm³/mol. The summed E-state index contributed by atoms with van der Waals surface area (Å²) in [6.07, 6.45) is 5.76. The van der Waals surface area contributed by atoms with Gasteiger partial charge in [-0.1, -0.05) is 12.5 Å². The first kappa shape index (κ1) is 11.0. The molecule has 0 aromatic carbocycles. The monoisotopic (exact) mass is 269 g/mol. The van der Waals surface area contributed by atoms with Crippen LogP contribution in [-0.4, -0.2) is 23.6 Å². The van der Waals surface area contributed by atoms with E-state index >= 15 is 0 Å². The smallest absolute Gasteiger partial charge is 0.106 e. The Labute approximate surface area is 99.0 Å². The lowest BCUT2D eigenvalue weighted by Crippen LogP contribution is -2.41. The van der Waals surface area contributed by atoms with E-state index in [4.69, 9.17) is 0 Å². The summed E-state index contributed by atoms with van der Waals surface area (Å²) in [7, 11) is 1.99. The number of halogens is 1. The Kier molecular flexibility index (Phi) is 3.72. The molecule has 1 aromatic rings. The van der Waals surface area contributed by atoms with E-state index in [0.29, 0.717) is 6.04 Å². The van der Waals surface area contributed by atoms with Crippen molar-refractivity contribution in [1.82, 2.24) is 15.4 Å². The first-order valence-corrected chi connectivity index (χ1v) is 6.16. The van der Waals surface area contributed by atoms with E-state index in [1.165, 1.54) is 24.8 Å². The van der Waals surface area contributed by atoms with Gasteiger partial charge in [0.1, 0.15) is 4.60 Å². The molecule has 0 aliphatic carbocycles. The molecular formula is C11H16BrN3. The fraction of sp³-hybridized carbons (Fsp3) is 0.545. The number of piperidine rings is 1. The third-order valence-electron chi connectivity index (χ3n) is 2.93. The highest BCUT2D eigenvalue weighted by molar-refractivity contribution is 9.10. The number of hydrazine groups is 1. The highest BCUT2D eigenvalue weighted by Crippen LogP contribution is 2.28. The molecule has 0 saturated carbocycles. The summed E-state index contributed by atoms with van der Waals surface area (Å²) in [6, 6.07) is 4.64. The SMILES string of the molecule is CNN1CCCC[C@@H]1c1ccc(Br)nc1. The first-order chi connectivity index (χ1) is 7.31. The lowest BCUT2D eigenvalue weighted by Gasteiger charge is -2.34. The van der Waals surface area contributed by atoms with E-state index in [1.54, 1.807) is 0 Å². The van der Waals surface area contributed by atoms with Crippen molar-refractivity contribution in [1.29, 1.82) is 0 Å². The molecule has 1 saturated heterocycles. The second-order valence-corrected chi connectivity index (χ2v) is 4.66. The van der Waals surface area contributed by atoms with Crippen molar-refractivity contribution in [2.24, 2.45) is 0 Å². The molecule has 0 bridgehead atoms. The maximum atomic E-state index is 4.29. The maximum absolute atomic E-state index is 4.29. The van der Waals surface area contributed by atoms with Crippen LogP contribution in [0.15, 0.2) is 22.9 Å². The molecule has 2 rings (SSSR count). The summed E-state index contributed by atoms with van der Waals surface area (Å²) >= 11 is 3.36. The van der Waals surface area contributed by atoms with Gasteiger partial charge in [-0.3, -0.25) is 5.43 Å². The summed E-state index contributed by atoms with van der Waals surface area (Å²) < 4.78 is 0.901. The summed E-state index contributed by atoms with van der Waals surface area (Å²) in [5.74, 6) is 0. The Balaban J connectivity index is 2.16. The number of nitrogens with zero attached hydrogens (tertiary/aromatic N) is 2. The van der Waals surface area contributed by atoms with E-state index in [9.17, 15) is 0 Å². The van der Waals surface area contributed by atoms with Crippen LogP contribution in [0.5, 0.6) is 0 Å². The van der Waals surface area contributed by atoms with Gasteiger partial charge >= 0.3 is 0 Å². The quantitative estimate of drug-likeness (QED) is 0.837. The van der Waals surface area contributed by atoms with E-state index in [2.05, 4.69) is 37.4 Å². The van der Waals surface area contributed by atoms with Crippen molar-refractivity contribution < 1.29 is 0 Å². The highest BCUT2D eigenvalue weighted by Gasteiger charge is 2.22. The molecule has 0 unspecified atom stereocenters. The van der Waals surface area contributed by atoms with Gasteiger partial charge in [-0.05, 0) is 47.4 Å². The summed E-state index contributed by atoms with van der Waals surface area (Å²) in [5.41, 5.74) is 4.56. The minimum absolute atomic E-state index is 0.476. The van der Waals surface area contributed by atoms with E-state index in [1.807, 2.05) is 19.3 Å². The zero-order valence-electron chi connectivity index (χ0n) is 8.91. The average Bonchev–Trinajstić information content (AvgIpc) is 2.30. The third-order valence-corrected chi connectivity index (χ3v) is 3.39. The molecule has 82 valence electrons. The molecule has 4 heteroatoms. The van der Waals surface area contributed by atoms with Crippen LogP contribution in [0, 0.1) is 0 Å². The van der Waals surface area contributed by atoms with Crippen LogP contribution >= 0.6 is 15.9 Å². The van der Waals surface area contributed by atoms with Crippen molar-refractivity contribution in [2.75, 3.05) is 13.6 Å². The van der Waals surface area contributed by atoms with E-state index in [-0.39, 0.29) is 0 Å². The summed E-state index contributed by atoms with van der Waals surface area (Å²) in [5, 5.41) is 2.30. The van der Waals surface area contributed by atoms with Gasteiger partial charge in [-0.2, -0.15) is 0 Å². The van der Waals surface area contributed by atoms with Gasteiger partial charge in [-0.15, -0.1) is 0 Å². The van der Waals surface area contributed by atoms with Crippen LogP contribution in [0.4, 0.5) is 0 Å². The van der Waals surface area contributed by atoms with E-state index in [0.717, 1.165) is 11.1 Å². The van der Waals surface area contributed by atoms with Gasteiger partial charge in [-0.25, -0.2) is 9.99 Å². The topological polar surface area (TPSA) is 28.2 Å². The Bertz CT molecular complexity index is 312. The average molecular weight is 270 g/mol. The second-order valence-electron chi connectivity index (χ2n) is 3.84. The molecule has 0 radical (unpaired) electrons. The molecular weight excluding hydrogens is 254 g/mol. The molecule has 1 aliphatic heterocycles. The van der Waals surface area contributed by atoms with Crippen LogP contribution in [0.25, 0.3) is 0 Å². The number of nitrogens with one attached hydrogen (secondary N) is 1. The number of rotatable bonds is 2.